The summed E-state index contributed by atoms with van der Waals surface area (Å²) < 4.78 is 40.2. The number of benzene rings is 2. The number of rotatable bonds is 2. The summed E-state index contributed by atoms with van der Waals surface area (Å²) >= 11 is 0. The molecule has 0 aliphatic carbocycles. The van der Waals surface area contributed by atoms with Gasteiger partial charge in [0.15, 0.2) is 0 Å². The van der Waals surface area contributed by atoms with Crippen molar-refractivity contribution in [3.05, 3.63) is 48.0 Å². The summed E-state index contributed by atoms with van der Waals surface area (Å²) in [6.07, 6.45) is -4.34. The average Bonchev–Trinajstić information content (AvgIpc) is 2.73. The molecule has 1 aromatic heterocycles. The number of alkyl halides is 3. The Hall–Kier alpha value is -2.21. The summed E-state index contributed by atoms with van der Waals surface area (Å²) in [6.45, 7) is 0. The lowest BCUT2D eigenvalue weighted by molar-refractivity contribution is -0.137. The molecule has 0 saturated carbocycles. The lowest BCUT2D eigenvalue weighted by Gasteiger charge is -2.10. The van der Waals surface area contributed by atoms with Crippen LogP contribution in [0.1, 0.15) is 5.56 Å². The summed E-state index contributed by atoms with van der Waals surface area (Å²) in [5, 5.41) is 1.34. The van der Waals surface area contributed by atoms with E-state index < -0.39 is 11.7 Å². The first-order valence-electron chi connectivity index (χ1n) is 6.05. The van der Waals surface area contributed by atoms with E-state index in [0.29, 0.717) is 10.9 Å². The predicted molar refractivity (Wildman–Crippen MR) is 72.9 cm³/mol. The van der Waals surface area contributed by atoms with Crippen LogP contribution >= 0.6 is 0 Å². The Balaban J connectivity index is 2.38. The summed E-state index contributed by atoms with van der Waals surface area (Å²) in [5.41, 5.74) is 6.57. The Labute approximate surface area is 112 Å². The van der Waals surface area contributed by atoms with E-state index in [1.54, 1.807) is 11.7 Å². The van der Waals surface area contributed by atoms with Gasteiger partial charge < -0.3 is 0 Å². The largest absolute Gasteiger partial charge is 0.416 e. The molecular weight excluding hydrogens is 267 g/mol. The lowest BCUT2D eigenvalue weighted by Crippen LogP contribution is -2.25. The number of hydrazine groups is 1. The molecule has 0 radical (unpaired) electrons. The fraction of sp³-hybridized carbons (Fsp3) is 0.143. The second-order valence-electron chi connectivity index (χ2n) is 4.44. The van der Waals surface area contributed by atoms with Crippen LogP contribution in [0.5, 0.6) is 0 Å². The minimum absolute atomic E-state index is 0.568. The van der Waals surface area contributed by atoms with E-state index in [1.165, 1.54) is 12.1 Å². The van der Waals surface area contributed by atoms with Gasteiger partial charge in [0, 0.05) is 17.8 Å². The second-order valence-corrected chi connectivity index (χ2v) is 4.44. The molecule has 0 amide bonds. The summed E-state index contributed by atoms with van der Waals surface area (Å²) in [4.78, 5) is 0. The molecule has 0 aliphatic heterocycles. The van der Waals surface area contributed by atoms with E-state index in [1.807, 2.05) is 24.3 Å². The predicted octanol–water partition coefficient (Wildman–Crippen LogP) is 3.49. The zero-order valence-corrected chi connectivity index (χ0v) is 10.6. The van der Waals surface area contributed by atoms with Crippen LogP contribution in [0.4, 0.5) is 13.2 Å². The van der Waals surface area contributed by atoms with Crippen LogP contribution in [0.15, 0.2) is 42.5 Å². The van der Waals surface area contributed by atoms with E-state index in [4.69, 9.17) is 0 Å². The SMILES string of the molecule is CNNn1c2ccccc2c2cc(C(F)(F)F)ccc21. The molecule has 3 aromatic rings. The molecule has 3 nitrogen and oxygen atoms in total. The zero-order valence-electron chi connectivity index (χ0n) is 10.6. The summed E-state index contributed by atoms with van der Waals surface area (Å²) in [7, 11) is 1.70. The Morgan fingerprint density at radius 1 is 0.950 bits per heavy atom. The van der Waals surface area contributed by atoms with Crippen molar-refractivity contribution in [1.29, 1.82) is 0 Å². The molecule has 0 aliphatic rings. The van der Waals surface area contributed by atoms with Crippen LogP contribution in [0.3, 0.4) is 0 Å². The van der Waals surface area contributed by atoms with E-state index in [0.717, 1.165) is 17.0 Å². The van der Waals surface area contributed by atoms with Gasteiger partial charge >= 0.3 is 6.18 Å². The highest BCUT2D eigenvalue weighted by Crippen LogP contribution is 2.34. The molecule has 0 unspecified atom stereocenters. The van der Waals surface area contributed by atoms with Crippen LogP contribution in [0.25, 0.3) is 21.8 Å². The minimum atomic E-state index is -4.34. The Morgan fingerprint density at radius 2 is 1.65 bits per heavy atom. The van der Waals surface area contributed by atoms with Gasteiger partial charge in [-0.1, -0.05) is 18.2 Å². The number of nitrogens with one attached hydrogen (secondary N) is 2. The Morgan fingerprint density at radius 3 is 2.35 bits per heavy atom. The first-order valence-corrected chi connectivity index (χ1v) is 6.05. The van der Waals surface area contributed by atoms with Crippen molar-refractivity contribution in [2.24, 2.45) is 0 Å². The van der Waals surface area contributed by atoms with Crippen molar-refractivity contribution in [3.63, 3.8) is 0 Å². The zero-order chi connectivity index (χ0) is 14.3. The van der Waals surface area contributed by atoms with Gasteiger partial charge in [-0.3, -0.25) is 5.53 Å². The second kappa shape index (κ2) is 4.42. The number of hydrogen-bond donors (Lipinski definition) is 2. The van der Waals surface area contributed by atoms with E-state index >= 15 is 0 Å². The molecule has 0 saturated heterocycles. The first-order chi connectivity index (χ1) is 9.52. The molecule has 0 atom stereocenters. The summed E-state index contributed by atoms with van der Waals surface area (Å²) in [5.74, 6) is 0. The monoisotopic (exact) mass is 279 g/mol. The van der Waals surface area contributed by atoms with Crippen molar-refractivity contribution in [2.75, 3.05) is 12.6 Å². The third-order valence-corrected chi connectivity index (χ3v) is 3.22. The van der Waals surface area contributed by atoms with Gasteiger partial charge in [-0.15, -0.1) is 0 Å². The topological polar surface area (TPSA) is 29.0 Å². The molecule has 0 bridgehead atoms. The number of nitrogens with zero attached hydrogens (tertiary/aromatic N) is 1. The molecule has 2 N–H and O–H groups in total. The molecule has 104 valence electrons. The van der Waals surface area contributed by atoms with E-state index in [9.17, 15) is 13.2 Å². The molecule has 0 spiro atoms. The fourth-order valence-electron chi connectivity index (χ4n) is 2.38. The molecule has 2 aromatic carbocycles. The number of hydrogen-bond acceptors (Lipinski definition) is 2. The minimum Gasteiger partial charge on any atom is -0.259 e. The van der Waals surface area contributed by atoms with Gasteiger partial charge in [0.2, 0.25) is 0 Å². The molecule has 20 heavy (non-hydrogen) atoms. The quantitative estimate of drug-likeness (QED) is 0.703. The average molecular weight is 279 g/mol. The first kappa shape index (κ1) is 12.8. The number of aromatic nitrogens is 1. The Bertz CT molecular complexity index is 774. The normalized spacial score (nSPS) is 12.2. The van der Waals surface area contributed by atoms with Gasteiger partial charge in [-0.2, -0.15) is 13.2 Å². The van der Waals surface area contributed by atoms with Crippen LogP contribution in [0.2, 0.25) is 0 Å². The van der Waals surface area contributed by atoms with E-state index in [-0.39, 0.29) is 0 Å². The number of fused-ring (bicyclic) bond motifs is 3. The van der Waals surface area contributed by atoms with Crippen LogP contribution in [-0.4, -0.2) is 11.7 Å². The van der Waals surface area contributed by atoms with Crippen molar-refractivity contribution in [2.45, 2.75) is 6.18 Å². The van der Waals surface area contributed by atoms with Gasteiger partial charge in [0.1, 0.15) is 0 Å². The standard InChI is InChI=1S/C14H12F3N3/c1-18-19-20-12-5-3-2-4-10(12)11-8-9(14(15,16)17)6-7-13(11)20/h2-8,18-19H,1H3. The highest BCUT2D eigenvalue weighted by molar-refractivity contribution is 6.08. The van der Waals surface area contributed by atoms with Gasteiger partial charge in [0.05, 0.1) is 16.6 Å². The molecule has 0 fully saturated rings. The highest BCUT2D eigenvalue weighted by atomic mass is 19.4. The maximum Gasteiger partial charge on any atom is 0.416 e. The van der Waals surface area contributed by atoms with Crippen molar-refractivity contribution in [1.82, 2.24) is 10.1 Å². The third-order valence-electron chi connectivity index (χ3n) is 3.22. The molecular formula is C14H12F3N3. The fourth-order valence-corrected chi connectivity index (χ4v) is 2.38. The van der Waals surface area contributed by atoms with Gasteiger partial charge in [-0.25, -0.2) is 10.1 Å². The van der Waals surface area contributed by atoms with Crippen molar-refractivity contribution >= 4 is 21.8 Å². The maximum atomic E-state index is 12.8. The van der Waals surface area contributed by atoms with Crippen molar-refractivity contribution in [3.8, 4) is 0 Å². The molecule has 1 heterocycles. The lowest BCUT2D eigenvalue weighted by atomic mass is 10.1. The maximum absolute atomic E-state index is 12.8. The van der Waals surface area contributed by atoms with Crippen molar-refractivity contribution < 1.29 is 13.2 Å². The van der Waals surface area contributed by atoms with Crippen LogP contribution < -0.4 is 11.0 Å². The smallest absolute Gasteiger partial charge is 0.259 e. The van der Waals surface area contributed by atoms with Gasteiger partial charge in [-0.05, 0) is 24.3 Å². The number of para-hydroxylation sites is 1. The Kier molecular flexibility index (Phi) is 2.83. The van der Waals surface area contributed by atoms with Gasteiger partial charge in [0.25, 0.3) is 0 Å². The summed E-state index contributed by atoms with van der Waals surface area (Å²) in [6, 6.07) is 11.1. The molecule has 3 rings (SSSR count). The van der Waals surface area contributed by atoms with Crippen LogP contribution in [0, 0.1) is 0 Å². The number of halogens is 3. The highest BCUT2D eigenvalue weighted by Gasteiger charge is 2.31. The van der Waals surface area contributed by atoms with E-state index in [2.05, 4.69) is 11.0 Å². The third kappa shape index (κ3) is 1.89. The molecule has 6 heteroatoms. The van der Waals surface area contributed by atoms with Crippen LogP contribution in [-0.2, 0) is 6.18 Å².